The van der Waals surface area contributed by atoms with Gasteiger partial charge in [0.2, 0.25) is 5.91 Å². The summed E-state index contributed by atoms with van der Waals surface area (Å²) >= 11 is 1.56. The molecule has 5 heteroatoms. The van der Waals surface area contributed by atoms with Crippen molar-refractivity contribution in [3.8, 4) is 0 Å². The second-order valence-corrected chi connectivity index (χ2v) is 4.64. The van der Waals surface area contributed by atoms with E-state index in [-0.39, 0.29) is 23.8 Å². The summed E-state index contributed by atoms with van der Waals surface area (Å²) in [6.07, 6.45) is 4.16. The predicted octanol–water partition coefficient (Wildman–Crippen LogP) is 0.344. The van der Waals surface area contributed by atoms with Crippen molar-refractivity contribution >= 4 is 17.7 Å². The first-order valence-electron chi connectivity index (χ1n) is 5.28. The number of rotatable bonds is 8. The zero-order chi connectivity index (χ0) is 11.7. The summed E-state index contributed by atoms with van der Waals surface area (Å²) in [6, 6.07) is 0.00961. The summed E-state index contributed by atoms with van der Waals surface area (Å²) < 4.78 is 0. The number of amides is 1. The quantitative estimate of drug-likeness (QED) is 0.530. The molecule has 90 valence electrons. The van der Waals surface area contributed by atoms with E-state index in [1.54, 1.807) is 11.8 Å². The number of hydrogen-bond acceptors (Lipinski definition) is 4. The predicted molar refractivity (Wildman–Crippen MR) is 64.9 cm³/mol. The molecule has 0 radical (unpaired) electrons. The third kappa shape index (κ3) is 6.76. The van der Waals surface area contributed by atoms with Crippen LogP contribution >= 0.6 is 11.8 Å². The van der Waals surface area contributed by atoms with Gasteiger partial charge in [0.05, 0.1) is 6.61 Å². The molecule has 0 saturated carbocycles. The van der Waals surface area contributed by atoms with Crippen molar-refractivity contribution < 1.29 is 9.90 Å². The molecule has 0 fully saturated rings. The van der Waals surface area contributed by atoms with E-state index in [0.717, 1.165) is 12.8 Å². The minimum Gasteiger partial charge on any atom is -0.395 e. The molecule has 2 atom stereocenters. The van der Waals surface area contributed by atoms with E-state index in [2.05, 4.69) is 5.32 Å². The highest BCUT2D eigenvalue weighted by molar-refractivity contribution is 7.99. The van der Waals surface area contributed by atoms with Gasteiger partial charge in [-0.25, -0.2) is 0 Å². The Morgan fingerprint density at radius 2 is 2.20 bits per heavy atom. The Bertz CT molecular complexity index is 175. The lowest BCUT2D eigenvalue weighted by atomic mass is 10.2. The van der Waals surface area contributed by atoms with Crippen molar-refractivity contribution in [2.45, 2.75) is 37.5 Å². The summed E-state index contributed by atoms with van der Waals surface area (Å²) in [4.78, 5) is 11.4. The molecule has 0 spiro atoms. The monoisotopic (exact) mass is 234 g/mol. The number of carbonyl (C=O) groups is 1. The molecule has 0 aromatic heterocycles. The molecular weight excluding hydrogens is 212 g/mol. The van der Waals surface area contributed by atoms with Crippen molar-refractivity contribution in [3.63, 3.8) is 0 Å². The fourth-order valence-corrected chi connectivity index (χ4v) is 1.91. The summed E-state index contributed by atoms with van der Waals surface area (Å²) in [5.41, 5.74) is 5.34. The van der Waals surface area contributed by atoms with Gasteiger partial charge in [-0.2, -0.15) is 11.8 Å². The Hall–Kier alpha value is -0.260. The molecule has 15 heavy (non-hydrogen) atoms. The van der Waals surface area contributed by atoms with Crippen molar-refractivity contribution in [1.82, 2.24) is 5.32 Å². The van der Waals surface area contributed by atoms with Gasteiger partial charge in [-0.05, 0) is 32.6 Å². The van der Waals surface area contributed by atoms with E-state index < -0.39 is 0 Å². The van der Waals surface area contributed by atoms with Gasteiger partial charge in [0, 0.05) is 17.7 Å². The molecule has 0 heterocycles. The Morgan fingerprint density at radius 1 is 1.53 bits per heavy atom. The number of nitrogens with two attached hydrogens (primary N) is 1. The van der Waals surface area contributed by atoms with Crippen LogP contribution in [0.25, 0.3) is 0 Å². The van der Waals surface area contributed by atoms with Crippen LogP contribution in [0.2, 0.25) is 0 Å². The van der Waals surface area contributed by atoms with Gasteiger partial charge in [0.1, 0.15) is 0 Å². The van der Waals surface area contributed by atoms with Gasteiger partial charge in [0.25, 0.3) is 0 Å². The number of aliphatic hydroxyl groups excluding tert-OH is 1. The third-order valence-corrected chi connectivity index (χ3v) is 3.45. The van der Waals surface area contributed by atoms with Gasteiger partial charge in [0.15, 0.2) is 0 Å². The lowest BCUT2D eigenvalue weighted by Gasteiger charge is -2.21. The van der Waals surface area contributed by atoms with E-state index in [4.69, 9.17) is 10.8 Å². The zero-order valence-corrected chi connectivity index (χ0v) is 10.3. The van der Waals surface area contributed by atoms with Crippen molar-refractivity contribution in [1.29, 1.82) is 0 Å². The number of aliphatic hydroxyl groups is 1. The fourth-order valence-electron chi connectivity index (χ4n) is 1.29. The van der Waals surface area contributed by atoms with Gasteiger partial charge in [-0.1, -0.05) is 0 Å². The molecule has 2 unspecified atom stereocenters. The number of thioether (sulfide) groups is 1. The highest BCUT2D eigenvalue weighted by atomic mass is 32.2. The number of unbranched alkanes of at least 4 members (excludes halogenated alkanes) is 1. The summed E-state index contributed by atoms with van der Waals surface area (Å²) in [7, 11) is 0. The molecule has 0 aliphatic heterocycles. The van der Waals surface area contributed by atoms with Gasteiger partial charge in [-0.3, -0.25) is 4.79 Å². The van der Waals surface area contributed by atoms with Crippen molar-refractivity contribution in [2.75, 3.05) is 19.4 Å². The molecule has 0 aliphatic rings. The zero-order valence-electron chi connectivity index (χ0n) is 9.53. The second-order valence-electron chi connectivity index (χ2n) is 3.56. The first kappa shape index (κ1) is 14.7. The van der Waals surface area contributed by atoms with Gasteiger partial charge < -0.3 is 16.2 Å². The van der Waals surface area contributed by atoms with Crippen LogP contribution in [0, 0.1) is 0 Å². The first-order valence-corrected chi connectivity index (χ1v) is 6.57. The largest absolute Gasteiger partial charge is 0.395 e. The van der Waals surface area contributed by atoms with Crippen LogP contribution in [0.4, 0.5) is 0 Å². The highest BCUT2D eigenvalue weighted by Crippen LogP contribution is 2.10. The Labute approximate surface area is 96.0 Å². The van der Waals surface area contributed by atoms with Crippen molar-refractivity contribution in [2.24, 2.45) is 5.73 Å². The van der Waals surface area contributed by atoms with Crippen LogP contribution in [0.3, 0.4) is 0 Å². The Kier molecular flexibility index (Phi) is 8.85. The normalized spacial score (nSPS) is 14.7. The number of nitrogens with one attached hydrogen (secondary N) is 1. The second kappa shape index (κ2) is 9.00. The molecule has 0 saturated heterocycles. The minimum absolute atomic E-state index is 0.00961. The topological polar surface area (TPSA) is 75.3 Å². The van der Waals surface area contributed by atoms with E-state index in [1.807, 2.05) is 13.2 Å². The molecule has 4 N–H and O–H groups in total. The number of hydrogen-bond donors (Lipinski definition) is 3. The summed E-state index contributed by atoms with van der Waals surface area (Å²) in [5.74, 6) is 0.0449. The van der Waals surface area contributed by atoms with Gasteiger partial charge >= 0.3 is 0 Å². The van der Waals surface area contributed by atoms with Crippen LogP contribution in [0.5, 0.6) is 0 Å². The van der Waals surface area contributed by atoms with Crippen LogP contribution < -0.4 is 11.1 Å². The van der Waals surface area contributed by atoms with Crippen LogP contribution in [-0.4, -0.2) is 41.7 Å². The molecule has 4 nitrogen and oxygen atoms in total. The molecule has 0 aromatic carbocycles. The van der Waals surface area contributed by atoms with Crippen molar-refractivity contribution in [3.05, 3.63) is 0 Å². The molecule has 0 aliphatic carbocycles. The molecule has 0 aromatic rings. The molecule has 0 bridgehead atoms. The van der Waals surface area contributed by atoms with Crippen LogP contribution in [0.1, 0.15) is 26.2 Å². The Balaban J connectivity index is 3.74. The molecule has 0 rings (SSSR count). The first-order chi connectivity index (χ1) is 7.15. The summed E-state index contributed by atoms with van der Waals surface area (Å²) in [6.45, 7) is 2.64. The molecular formula is C10H22N2O2S. The third-order valence-electron chi connectivity index (χ3n) is 2.29. The lowest BCUT2D eigenvalue weighted by molar-refractivity contribution is -0.121. The SMILES string of the molecule is CSC(CO)C(C)NC(=O)CCCCN. The van der Waals surface area contributed by atoms with Gasteiger partial charge in [-0.15, -0.1) is 0 Å². The van der Waals surface area contributed by atoms with E-state index in [0.29, 0.717) is 13.0 Å². The smallest absolute Gasteiger partial charge is 0.220 e. The average molecular weight is 234 g/mol. The maximum atomic E-state index is 11.4. The maximum absolute atomic E-state index is 11.4. The van der Waals surface area contributed by atoms with E-state index >= 15 is 0 Å². The Morgan fingerprint density at radius 3 is 2.67 bits per heavy atom. The summed E-state index contributed by atoms with van der Waals surface area (Å²) in [5, 5.41) is 12.0. The van der Waals surface area contributed by atoms with Crippen LogP contribution in [-0.2, 0) is 4.79 Å². The molecule has 1 amide bonds. The maximum Gasteiger partial charge on any atom is 0.220 e. The van der Waals surface area contributed by atoms with E-state index in [1.165, 1.54) is 0 Å². The van der Waals surface area contributed by atoms with E-state index in [9.17, 15) is 4.79 Å². The number of carbonyl (C=O) groups excluding carboxylic acids is 1. The lowest BCUT2D eigenvalue weighted by Crippen LogP contribution is -2.41. The average Bonchev–Trinajstić information content (AvgIpc) is 2.20. The standard InChI is InChI=1S/C10H22N2O2S/c1-8(9(7-13)15-2)12-10(14)5-3-4-6-11/h8-9,13H,3-7,11H2,1-2H3,(H,12,14). The minimum atomic E-state index is 0.00961. The highest BCUT2D eigenvalue weighted by Gasteiger charge is 2.16. The van der Waals surface area contributed by atoms with Crippen LogP contribution in [0.15, 0.2) is 0 Å². The fraction of sp³-hybridized carbons (Fsp3) is 0.900.